The number of nitrogens with zero attached hydrogens (tertiary/aromatic N) is 6. The van der Waals surface area contributed by atoms with E-state index in [2.05, 4.69) is 92.7 Å². The highest BCUT2D eigenvalue weighted by atomic mass is 16.1. The lowest BCUT2D eigenvalue weighted by Gasteiger charge is -2.39. The third-order valence-corrected chi connectivity index (χ3v) is 8.32. The minimum Gasteiger partial charge on any atom is -0.321 e. The van der Waals surface area contributed by atoms with Gasteiger partial charge in [-0.15, -0.1) is 5.10 Å². The number of aromatic amines is 1. The van der Waals surface area contributed by atoms with Crippen LogP contribution < -0.4 is 5.56 Å². The predicted octanol–water partition coefficient (Wildman–Crippen LogP) is 4.54. The summed E-state index contributed by atoms with van der Waals surface area (Å²) in [5.74, 6) is 0.794. The number of tetrazole rings is 1. The van der Waals surface area contributed by atoms with Crippen LogP contribution in [-0.2, 0) is 6.54 Å². The van der Waals surface area contributed by atoms with E-state index in [-0.39, 0.29) is 11.6 Å². The number of pyridine rings is 1. The zero-order valence-corrected chi connectivity index (χ0v) is 22.4. The van der Waals surface area contributed by atoms with Gasteiger partial charge in [-0.25, -0.2) is 4.68 Å². The Morgan fingerprint density at radius 3 is 2.50 bits per heavy atom. The van der Waals surface area contributed by atoms with Crippen molar-refractivity contribution in [2.75, 3.05) is 26.2 Å². The summed E-state index contributed by atoms with van der Waals surface area (Å²) in [5, 5.41) is 14.3. The fourth-order valence-corrected chi connectivity index (χ4v) is 6.39. The lowest BCUT2D eigenvalue weighted by atomic mass is 9.95. The average molecular weight is 512 g/mol. The third-order valence-electron chi connectivity index (χ3n) is 8.32. The Morgan fingerprint density at radius 2 is 1.74 bits per heavy atom. The van der Waals surface area contributed by atoms with E-state index in [1.54, 1.807) is 0 Å². The van der Waals surface area contributed by atoms with Crippen molar-refractivity contribution in [3.05, 3.63) is 87.0 Å². The van der Waals surface area contributed by atoms with Crippen LogP contribution in [-0.4, -0.2) is 61.2 Å². The summed E-state index contributed by atoms with van der Waals surface area (Å²) >= 11 is 0. The van der Waals surface area contributed by atoms with E-state index in [0.29, 0.717) is 6.04 Å². The maximum atomic E-state index is 13.7. The van der Waals surface area contributed by atoms with Crippen molar-refractivity contribution in [2.45, 2.75) is 64.6 Å². The van der Waals surface area contributed by atoms with Crippen LogP contribution in [0.2, 0.25) is 0 Å². The van der Waals surface area contributed by atoms with Crippen LogP contribution >= 0.6 is 0 Å². The molecule has 8 nitrogen and oxygen atoms in total. The molecule has 1 saturated heterocycles. The molecule has 6 rings (SSSR count). The first-order valence-electron chi connectivity index (χ1n) is 14.0. The molecule has 1 atom stereocenters. The summed E-state index contributed by atoms with van der Waals surface area (Å²) in [4.78, 5) is 21.8. The molecule has 38 heavy (non-hydrogen) atoms. The highest BCUT2D eigenvalue weighted by Crippen LogP contribution is 2.33. The van der Waals surface area contributed by atoms with Crippen molar-refractivity contribution >= 4 is 10.9 Å². The number of piperazine rings is 1. The fraction of sp³-hybridized carbons (Fsp3) is 0.467. The largest absolute Gasteiger partial charge is 0.321 e. The molecule has 0 spiro atoms. The van der Waals surface area contributed by atoms with Crippen molar-refractivity contribution < 1.29 is 0 Å². The van der Waals surface area contributed by atoms with Crippen LogP contribution in [0, 0.1) is 13.8 Å². The molecular formula is C30H37N7O. The molecule has 198 valence electrons. The second-order valence-electron chi connectivity index (χ2n) is 11.1. The molecule has 1 aliphatic carbocycles. The van der Waals surface area contributed by atoms with Crippen LogP contribution in [0.4, 0.5) is 0 Å². The Kier molecular flexibility index (Phi) is 7.08. The molecule has 0 bridgehead atoms. The van der Waals surface area contributed by atoms with Gasteiger partial charge in [-0.3, -0.25) is 14.6 Å². The van der Waals surface area contributed by atoms with Gasteiger partial charge in [0, 0.05) is 38.3 Å². The van der Waals surface area contributed by atoms with E-state index in [1.807, 2.05) is 4.68 Å². The molecule has 8 heteroatoms. The van der Waals surface area contributed by atoms with Crippen molar-refractivity contribution in [1.82, 2.24) is 35.0 Å². The normalized spacial score (nSPS) is 18.7. The summed E-state index contributed by atoms with van der Waals surface area (Å²) in [7, 11) is 0. The quantitative estimate of drug-likeness (QED) is 0.409. The molecule has 2 aromatic heterocycles. The molecule has 3 heterocycles. The monoisotopic (exact) mass is 511 g/mol. The van der Waals surface area contributed by atoms with E-state index in [9.17, 15) is 4.79 Å². The van der Waals surface area contributed by atoms with Crippen molar-refractivity contribution in [3.8, 4) is 0 Å². The zero-order valence-electron chi connectivity index (χ0n) is 22.4. The van der Waals surface area contributed by atoms with E-state index in [4.69, 9.17) is 0 Å². The molecule has 4 aromatic rings. The summed E-state index contributed by atoms with van der Waals surface area (Å²) in [6.07, 6.45) is 5.83. The molecular weight excluding hydrogens is 474 g/mol. The van der Waals surface area contributed by atoms with Gasteiger partial charge < -0.3 is 4.98 Å². The lowest BCUT2D eigenvalue weighted by Crippen LogP contribution is -2.48. The van der Waals surface area contributed by atoms with E-state index >= 15 is 0 Å². The zero-order chi connectivity index (χ0) is 26.1. The summed E-state index contributed by atoms with van der Waals surface area (Å²) < 4.78 is 2.03. The van der Waals surface area contributed by atoms with E-state index in [0.717, 1.165) is 73.4 Å². The van der Waals surface area contributed by atoms with Crippen LogP contribution in [0.3, 0.4) is 0 Å². The number of benzene rings is 2. The van der Waals surface area contributed by atoms with Gasteiger partial charge in [-0.2, -0.15) is 0 Å². The first-order valence-corrected chi connectivity index (χ1v) is 14.0. The lowest BCUT2D eigenvalue weighted by molar-refractivity contribution is 0.0982. The van der Waals surface area contributed by atoms with Gasteiger partial charge in [0.25, 0.3) is 5.56 Å². The van der Waals surface area contributed by atoms with Gasteiger partial charge >= 0.3 is 0 Å². The molecule has 2 aliphatic rings. The number of fused-ring (bicyclic) bond motifs is 1. The van der Waals surface area contributed by atoms with Gasteiger partial charge in [0.1, 0.15) is 6.04 Å². The minimum absolute atomic E-state index is 0.0561. The number of aryl methyl sites for hydroxylation is 2. The molecule has 1 aliphatic heterocycles. The Hall–Kier alpha value is -3.36. The van der Waals surface area contributed by atoms with Gasteiger partial charge in [-0.1, -0.05) is 61.2 Å². The van der Waals surface area contributed by atoms with Gasteiger partial charge in [0.15, 0.2) is 5.82 Å². The Balaban J connectivity index is 1.37. The Bertz CT molecular complexity index is 1450. The number of rotatable bonds is 6. The summed E-state index contributed by atoms with van der Waals surface area (Å²) in [6, 6.07) is 17.0. The molecule has 2 fully saturated rings. The molecule has 0 radical (unpaired) electrons. The van der Waals surface area contributed by atoms with Crippen molar-refractivity contribution in [2.24, 2.45) is 0 Å². The van der Waals surface area contributed by atoms with E-state index in [1.165, 1.54) is 30.4 Å². The third kappa shape index (κ3) is 5.02. The van der Waals surface area contributed by atoms with Gasteiger partial charge in [0.2, 0.25) is 0 Å². The smallest absolute Gasteiger partial charge is 0.253 e. The van der Waals surface area contributed by atoms with Crippen molar-refractivity contribution in [3.63, 3.8) is 0 Å². The molecule has 2 aromatic carbocycles. The minimum atomic E-state index is -0.292. The molecule has 0 amide bonds. The van der Waals surface area contributed by atoms with Crippen molar-refractivity contribution in [1.29, 1.82) is 0 Å². The maximum absolute atomic E-state index is 13.7. The Labute approximate surface area is 223 Å². The second kappa shape index (κ2) is 10.8. The van der Waals surface area contributed by atoms with Crippen LogP contribution in [0.5, 0.6) is 0 Å². The first kappa shape index (κ1) is 24.9. The van der Waals surface area contributed by atoms with E-state index < -0.39 is 0 Å². The van der Waals surface area contributed by atoms with Crippen LogP contribution in [0.15, 0.2) is 53.3 Å². The fourth-order valence-electron chi connectivity index (χ4n) is 6.39. The SMILES string of the molecule is Cc1cc(C)c2[nH]c(=O)c([C@@H](c3nnnn3C3CCCCC3)N3CCN(Cc4ccccc4)CC3)cc2c1. The standard InChI is InChI=1S/C30H37N7O/c1-21-17-22(2)27-24(18-21)19-26(30(38)31-27)28(29-32-33-34-37(29)25-11-7-4-8-12-25)36-15-13-35(14-16-36)20-23-9-5-3-6-10-23/h3,5-6,9-10,17-19,25,28H,4,7-8,11-16,20H2,1-2H3,(H,31,38)/t28-/m0/s1. The second-order valence-corrected chi connectivity index (χ2v) is 11.1. The predicted molar refractivity (Wildman–Crippen MR) is 149 cm³/mol. The number of hydrogen-bond donors (Lipinski definition) is 1. The maximum Gasteiger partial charge on any atom is 0.253 e. The number of aromatic nitrogens is 5. The van der Waals surface area contributed by atoms with Crippen LogP contribution in [0.25, 0.3) is 10.9 Å². The topological polar surface area (TPSA) is 82.9 Å². The van der Waals surface area contributed by atoms with Gasteiger partial charge in [-0.05, 0) is 65.8 Å². The average Bonchev–Trinajstić information content (AvgIpc) is 3.41. The summed E-state index contributed by atoms with van der Waals surface area (Å²) in [5.41, 5.74) is 5.18. The Morgan fingerprint density at radius 1 is 0.974 bits per heavy atom. The number of H-pyrrole nitrogens is 1. The highest BCUT2D eigenvalue weighted by Gasteiger charge is 2.34. The molecule has 1 N–H and O–H groups in total. The summed E-state index contributed by atoms with van der Waals surface area (Å²) in [6.45, 7) is 8.65. The van der Waals surface area contributed by atoms with Gasteiger partial charge in [0.05, 0.1) is 11.6 Å². The number of hydrogen-bond acceptors (Lipinski definition) is 6. The van der Waals surface area contributed by atoms with Crippen LogP contribution in [0.1, 0.15) is 72.3 Å². The highest BCUT2D eigenvalue weighted by molar-refractivity contribution is 5.83. The number of nitrogens with one attached hydrogen (secondary N) is 1. The molecule has 0 unspecified atom stereocenters. The molecule has 1 saturated carbocycles. The first-order chi connectivity index (χ1) is 18.6.